The summed E-state index contributed by atoms with van der Waals surface area (Å²) in [4.78, 5) is 25.9. The quantitative estimate of drug-likeness (QED) is 0.610. The Hall–Kier alpha value is -3.08. The summed E-state index contributed by atoms with van der Waals surface area (Å²) in [7, 11) is 0. The predicted molar refractivity (Wildman–Crippen MR) is 103 cm³/mol. The van der Waals surface area contributed by atoms with Crippen molar-refractivity contribution in [3.63, 3.8) is 0 Å². The number of carbonyl (C=O) groups excluding carboxylic acids is 2. The van der Waals surface area contributed by atoms with Crippen LogP contribution >= 0.6 is 0 Å². The normalized spacial score (nSPS) is 15.5. The van der Waals surface area contributed by atoms with Crippen LogP contribution in [0, 0.1) is 17.1 Å². The number of amides is 2. The van der Waals surface area contributed by atoms with Gasteiger partial charge in [0.05, 0.1) is 0 Å². The summed E-state index contributed by atoms with van der Waals surface area (Å²) in [6, 6.07) is 7.18. The van der Waals surface area contributed by atoms with Crippen LogP contribution in [0.4, 0.5) is 14.9 Å². The van der Waals surface area contributed by atoms with Gasteiger partial charge in [0.2, 0.25) is 0 Å². The molecule has 0 saturated carbocycles. The molecule has 1 aliphatic rings. The van der Waals surface area contributed by atoms with Gasteiger partial charge in [0.1, 0.15) is 23.1 Å². The van der Waals surface area contributed by atoms with E-state index < -0.39 is 17.3 Å². The fourth-order valence-corrected chi connectivity index (χ4v) is 2.64. The number of benzene rings is 1. The molecule has 0 atom stereocenters. The Morgan fingerprint density at radius 2 is 1.86 bits per heavy atom. The van der Waals surface area contributed by atoms with Crippen molar-refractivity contribution >= 4 is 17.7 Å². The van der Waals surface area contributed by atoms with Crippen molar-refractivity contribution < 1.29 is 18.7 Å². The summed E-state index contributed by atoms with van der Waals surface area (Å²) < 4.78 is 18.3. The highest BCUT2D eigenvalue weighted by Gasteiger charge is 2.26. The van der Waals surface area contributed by atoms with E-state index in [2.05, 4.69) is 10.6 Å². The molecule has 1 fully saturated rings. The van der Waals surface area contributed by atoms with Crippen LogP contribution in [0.15, 0.2) is 36.0 Å². The van der Waals surface area contributed by atoms with Crippen LogP contribution in [0.5, 0.6) is 0 Å². The molecule has 7 nitrogen and oxygen atoms in total. The second-order valence-corrected chi connectivity index (χ2v) is 7.54. The number of hydrogen-bond donors (Lipinski definition) is 2. The second-order valence-electron chi connectivity index (χ2n) is 7.54. The maximum atomic E-state index is 12.9. The van der Waals surface area contributed by atoms with Crippen LogP contribution in [0.2, 0.25) is 0 Å². The first-order valence-corrected chi connectivity index (χ1v) is 9.09. The van der Waals surface area contributed by atoms with Crippen LogP contribution in [0.3, 0.4) is 0 Å². The first-order chi connectivity index (χ1) is 13.2. The minimum Gasteiger partial charge on any atom is -0.444 e. The molecule has 150 valence electrons. The maximum absolute atomic E-state index is 12.9. The number of halogens is 1. The summed E-state index contributed by atoms with van der Waals surface area (Å²) in [6.45, 7) is 6.54. The van der Waals surface area contributed by atoms with Crippen LogP contribution in [0.25, 0.3) is 0 Å². The van der Waals surface area contributed by atoms with Gasteiger partial charge < -0.3 is 20.3 Å². The van der Waals surface area contributed by atoms with Crippen molar-refractivity contribution in [3.8, 4) is 6.07 Å². The number of nitrogens with zero attached hydrogens (tertiary/aromatic N) is 2. The Morgan fingerprint density at radius 1 is 1.25 bits per heavy atom. The summed E-state index contributed by atoms with van der Waals surface area (Å²) in [5.74, 6) is -0.985. The molecule has 8 heteroatoms. The Morgan fingerprint density at radius 3 is 2.39 bits per heavy atom. The lowest BCUT2D eigenvalue weighted by Crippen LogP contribution is -2.45. The first-order valence-electron chi connectivity index (χ1n) is 9.09. The van der Waals surface area contributed by atoms with E-state index in [9.17, 15) is 19.2 Å². The fourth-order valence-electron chi connectivity index (χ4n) is 2.64. The van der Waals surface area contributed by atoms with Gasteiger partial charge in [0.25, 0.3) is 5.91 Å². The highest BCUT2D eigenvalue weighted by Crippen LogP contribution is 2.16. The minimum atomic E-state index is -0.576. The topological polar surface area (TPSA) is 94.5 Å². The van der Waals surface area contributed by atoms with E-state index in [1.807, 2.05) is 26.8 Å². The van der Waals surface area contributed by atoms with Crippen molar-refractivity contribution in [3.05, 3.63) is 41.9 Å². The maximum Gasteiger partial charge on any atom is 0.410 e. The molecule has 28 heavy (non-hydrogen) atoms. The highest BCUT2D eigenvalue weighted by molar-refractivity contribution is 6.06. The average Bonchev–Trinajstić information content (AvgIpc) is 2.63. The summed E-state index contributed by atoms with van der Waals surface area (Å²) in [6.07, 6.45) is 2.40. The summed E-state index contributed by atoms with van der Waals surface area (Å²) in [5, 5.41) is 14.8. The Balaban J connectivity index is 1.85. The van der Waals surface area contributed by atoms with Gasteiger partial charge in [-0.2, -0.15) is 5.26 Å². The molecule has 2 amide bonds. The standard InChI is InChI=1S/C20H25FN4O3/c1-20(2,3)28-19(27)25-10-8-16(9-11-25)23-13-14(12-22)18(26)24-17-6-4-15(21)5-7-17/h4-7,13,16,23H,8-11H2,1-3H3,(H,24,26)/b14-13-. The minimum absolute atomic E-state index is 0.0423. The van der Waals surface area contributed by atoms with Crippen molar-refractivity contribution in [2.24, 2.45) is 0 Å². The summed E-state index contributed by atoms with van der Waals surface area (Å²) >= 11 is 0. The van der Waals surface area contributed by atoms with Crippen LogP contribution in [-0.4, -0.2) is 41.6 Å². The number of nitrogens with one attached hydrogen (secondary N) is 2. The molecule has 2 rings (SSSR count). The average molecular weight is 388 g/mol. The van der Waals surface area contributed by atoms with Gasteiger partial charge in [-0.25, -0.2) is 9.18 Å². The fraction of sp³-hybridized carbons (Fsp3) is 0.450. The Labute approximate surface area is 164 Å². The second kappa shape index (κ2) is 9.22. The molecular formula is C20H25FN4O3. The molecule has 0 radical (unpaired) electrons. The number of ether oxygens (including phenoxy) is 1. The Bertz CT molecular complexity index is 770. The molecule has 1 aromatic carbocycles. The van der Waals surface area contributed by atoms with E-state index >= 15 is 0 Å². The van der Waals surface area contributed by atoms with Gasteiger partial charge in [-0.05, 0) is 57.9 Å². The molecular weight excluding hydrogens is 363 g/mol. The molecule has 0 aromatic heterocycles. The van der Waals surface area contributed by atoms with E-state index in [1.165, 1.54) is 30.5 Å². The van der Waals surface area contributed by atoms with Gasteiger partial charge >= 0.3 is 6.09 Å². The lowest BCUT2D eigenvalue weighted by Gasteiger charge is -2.33. The molecule has 1 aliphatic heterocycles. The zero-order chi connectivity index (χ0) is 20.7. The third-order valence-corrected chi connectivity index (χ3v) is 4.08. The molecule has 1 aromatic rings. The van der Waals surface area contributed by atoms with Gasteiger partial charge in [0, 0.05) is 31.0 Å². The highest BCUT2D eigenvalue weighted by atomic mass is 19.1. The van der Waals surface area contributed by atoms with Gasteiger partial charge in [-0.3, -0.25) is 4.79 Å². The predicted octanol–water partition coefficient (Wildman–Crippen LogP) is 3.16. The number of nitriles is 1. The molecule has 0 unspecified atom stereocenters. The van der Waals surface area contributed by atoms with E-state index in [0.717, 1.165) is 0 Å². The first kappa shape index (κ1) is 21.2. The summed E-state index contributed by atoms with van der Waals surface area (Å²) in [5.41, 5.74) is -0.216. The third-order valence-electron chi connectivity index (χ3n) is 4.08. The molecule has 0 spiro atoms. The lowest BCUT2D eigenvalue weighted by molar-refractivity contribution is -0.112. The van der Waals surface area contributed by atoms with E-state index in [-0.39, 0.29) is 17.7 Å². The zero-order valence-corrected chi connectivity index (χ0v) is 16.3. The van der Waals surface area contributed by atoms with Crippen molar-refractivity contribution in [1.29, 1.82) is 5.26 Å². The van der Waals surface area contributed by atoms with E-state index in [4.69, 9.17) is 4.74 Å². The van der Waals surface area contributed by atoms with Crippen LogP contribution < -0.4 is 10.6 Å². The monoisotopic (exact) mass is 388 g/mol. The SMILES string of the molecule is CC(C)(C)OC(=O)N1CCC(N/C=C(/C#N)C(=O)Nc2ccc(F)cc2)CC1. The molecule has 2 N–H and O–H groups in total. The zero-order valence-electron chi connectivity index (χ0n) is 16.3. The number of rotatable bonds is 4. The van der Waals surface area contributed by atoms with Gasteiger partial charge in [-0.15, -0.1) is 0 Å². The van der Waals surface area contributed by atoms with Crippen molar-refractivity contribution in [1.82, 2.24) is 10.2 Å². The molecule has 1 heterocycles. The van der Waals surface area contributed by atoms with E-state index in [1.54, 1.807) is 4.90 Å². The number of anilines is 1. The molecule has 0 aliphatic carbocycles. The van der Waals surface area contributed by atoms with Crippen LogP contribution in [-0.2, 0) is 9.53 Å². The number of carbonyl (C=O) groups is 2. The van der Waals surface area contributed by atoms with E-state index in [0.29, 0.717) is 31.6 Å². The molecule has 0 bridgehead atoms. The smallest absolute Gasteiger partial charge is 0.410 e. The lowest BCUT2D eigenvalue weighted by atomic mass is 10.1. The van der Waals surface area contributed by atoms with Crippen molar-refractivity contribution in [2.75, 3.05) is 18.4 Å². The van der Waals surface area contributed by atoms with Crippen molar-refractivity contribution in [2.45, 2.75) is 45.3 Å². The van der Waals surface area contributed by atoms with Gasteiger partial charge in [-0.1, -0.05) is 0 Å². The van der Waals surface area contributed by atoms with Gasteiger partial charge in [0.15, 0.2) is 0 Å². The number of likely N-dealkylation sites (tertiary alicyclic amines) is 1. The largest absolute Gasteiger partial charge is 0.444 e. The third kappa shape index (κ3) is 6.58. The number of piperidine rings is 1. The number of hydrogen-bond acceptors (Lipinski definition) is 5. The Kier molecular flexibility index (Phi) is 6.99. The van der Waals surface area contributed by atoms with Crippen LogP contribution in [0.1, 0.15) is 33.6 Å². The molecule has 1 saturated heterocycles.